The molecule has 1 aromatic rings. The Hall–Kier alpha value is -2.19. The lowest BCUT2D eigenvalue weighted by Crippen LogP contribution is -2.28. The lowest BCUT2D eigenvalue weighted by molar-refractivity contribution is -0.139. The number of carbonyl (C=O) groups excluding carboxylic acids is 2. The molecule has 0 aliphatic heterocycles. The van der Waals surface area contributed by atoms with Gasteiger partial charge in [0.15, 0.2) is 0 Å². The molecule has 1 aromatic carbocycles. The number of nitrogens with one attached hydrogen (secondary N) is 1. The minimum absolute atomic E-state index is 0.0744. The van der Waals surface area contributed by atoms with Gasteiger partial charge in [-0.05, 0) is 12.1 Å². The van der Waals surface area contributed by atoms with Gasteiger partial charge < -0.3 is 9.47 Å². The summed E-state index contributed by atoms with van der Waals surface area (Å²) in [6.45, 7) is -0.231. The molecule has 0 aliphatic carbocycles. The van der Waals surface area contributed by atoms with Crippen molar-refractivity contribution < 1.29 is 27.5 Å². The summed E-state index contributed by atoms with van der Waals surface area (Å²) in [5.41, 5.74) is 0. The molecular formula is C13H15NO6S. The van der Waals surface area contributed by atoms with E-state index in [9.17, 15) is 18.0 Å². The first-order valence-electron chi connectivity index (χ1n) is 5.93. The third-order valence-corrected chi connectivity index (χ3v) is 3.73. The largest absolute Gasteiger partial charge is 0.466 e. The first kappa shape index (κ1) is 16.9. The molecule has 114 valence electrons. The first-order chi connectivity index (χ1) is 9.95. The average molecular weight is 313 g/mol. The Labute approximate surface area is 122 Å². The van der Waals surface area contributed by atoms with Crippen molar-refractivity contribution in [2.24, 2.45) is 0 Å². The predicted octanol–water partition coefficient (Wildman–Crippen LogP) is 0.237. The van der Waals surface area contributed by atoms with E-state index in [0.29, 0.717) is 0 Å². The highest BCUT2D eigenvalue weighted by atomic mass is 32.2. The molecule has 1 N–H and O–H groups in total. The fraction of sp³-hybridized carbons (Fsp3) is 0.231. The van der Waals surface area contributed by atoms with Gasteiger partial charge in [-0.2, -0.15) is 0 Å². The fourth-order valence-corrected chi connectivity index (χ4v) is 2.30. The summed E-state index contributed by atoms with van der Waals surface area (Å²) in [6, 6.07) is 7.81. The van der Waals surface area contributed by atoms with Crippen molar-refractivity contribution in [1.82, 2.24) is 4.72 Å². The molecule has 7 nitrogen and oxygen atoms in total. The summed E-state index contributed by atoms with van der Waals surface area (Å²) in [4.78, 5) is 22.0. The number of sulfonamides is 1. The van der Waals surface area contributed by atoms with E-state index in [1.165, 1.54) is 19.2 Å². The van der Waals surface area contributed by atoms with Crippen molar-refractivity contribution in [2.45, 2.75) is 4.90 Å². The van der Waals surface area contributed by atoms with Gasteiger partial charge in [-0.15, -0.1) is 0 Å². The van der Waals surface area contributed by atoms with Gasteiger partial charge >= 0.3 is 11.9 Å². The van der Waals surface area contributed by atoms with Crippen molar-refractivity contribution in [2.75, 3.05) is 20.3 Å². The Kier molecular flexibility index (Phi) is 6.57. The monoisotopic (exact) mass is 313 g/mol. The van der Waals surface area contributed by atoms with Crippen LogP contribution in [0.25, 0.3) is 0 Å². The second-order valence-electron chi connectivity index (χ2n) is 3.73. The van der Waals surface area contributed by atoms with Crippen LogP contribution in [0.15, 0.2) is 47.4 Å². The quantitative estimate of drug-likeness (QED) is 0.440. The molecule has 8 heteroatoms. The van der Waals surface area contributed by atoms with Crippen LogP contribution in [-0.2, 0) is 29.1 Å². The Balaban J connectivity index is 2.36. The lowest BCUT2D eigenvalue weighted by atomic mass is 10.4. The number of ether oxygens (including phenoxy) is 2. The van der Waals surface area contributed by atoms with Gasteiger partial charge in [-0.3, -0.25) is 0 Å². The number of rotatable bonds is 7. The van der Waals surface area contributed by atoms with Crippen LogP contribution in [0.4, 0.5) is 0 Å². The fourth-order valence-electron chi connectivity index (χ4n) is 1.26. The van der Waals surface area contributed by atoms with E-state index in [4.69, 9.17) is 4.74 Å². The molecule has 0 heterocycles. The van der Waals surface area contributed by atoms with Crippen LogP contribution >= 0.6 is 0 Å². The minimum Gasteiger partial charge on any atom is -0.466 e. The zero-order chi connectivity index (χ0) is 15.7. The molecule has 0 radical (unpaired) electrons. The van der Waals surface area contributed by atoms with Gasteiger partial charge in [-0.1, -0.05) is 18.2 Å². The number of esters is 2. The first-order valence-corrected chi connectivity index (χ1v) is 7.41. The zero-order valence-corrected chi connectivity index (χ0v) is 12.1. The Morgan fingerprint density at radius 1 is 1.14 bits per heavy atom. The van der Waals surface area contributed by atoms with E-state index in [-0.39, 0.29) is 18.0 Å². The highest BCUT2D eigenvalue weighted by molar-refractivity contribution is 7.89. The van der Waals surface area contributed by atoms with E-state index < -0.39 is 22.0 Å². The third-order valence-electron chi connectivity index (χ3n) is 2.25. The summed E-state index contributed by atoms with van der Waals surface area (Å²) in [5, 5.41) is 0. The molecule has 0 unspecified atom stereocenters. The molecule has 0 amide bonds. The number of hydrogen-bond acceptors (Lipinski definition) is 6. The molecule has 1 rings (SSSR count). The number of benzene rings is 1. The maximum Gasteiger partial charge on any atom is 0.331 e. The maximum atomic E-state index is 11.8. The molecule has 0 saturated carbocycles. The van der Waals surface area contributed by atoms with E-state index >= 15 is 0 Å². The van der Waals surface area contributed by atoms with E-state index in [0.717, 1.165) is 12.2 Å². The zero-order valence-electron chi connectivity index (χ0n) is 11.3. The molecular weight excluding hydrogens is 298 g/mol. The smallest absolute Gasteiger partial charge is 0.331 e. The number of hydrogen-bond donors (Lipinski definition) is 1. The molecule has 0 saturated heterocycles. The van der Waals surface area contributed by atoms with E-state index in [1.807, 2.05) is 0 Å². The van der Waals surface area contributed by atoms with Gasteiger partial charge in [0, 0.05) is 18.7 Å². The van der Waals surface area contributed by atoms with Crippen LogP contribution in [0, 0.1) is 0 Å². The van der Waals surface area contributed by atoms with Crippen molar-refractivity contribution in [1.29, 1.82) is 0 Å². The molecule has 0 aromatic heterocycles. The topological polar surface area (TPSA) is 98.8 Å². The highest BCUT2D eigenvalue weighted by Crippen LogP contribution is 2.06. The van der Waals surface area contributed by atoms with Crippen molar-refractivity contribution in [3.05, 3.63) is 42.5 Å². The molecule has 0 fully saturated rings. The van der Waals surface area contributed by atoms with Crippen LogP contribution in [0.1, 0.15) is 0 Å². The minimum atomic E-state index is -3.62. The summed E-state index contributed by atoms with van der Waals surface area (Å²) >= 11 is 0. The number of carbonyl (C=O) groups is 2. The van der Waals surface area contributed by atoms with Crippen LogP contribution in [0.2, 0.25) is 0 Å². The van der Waals surface area contributed by atoms with Gasteiger partial charge in [-0.25, -0.2) is 22.7 Å². The molecule has 0 aliphatic rings. The lowest BCUT2D eigenvalue weighted by Gasteiger charge is -2.06. The van der Waals surface area contributed by atoms with Gasteiger partial charge in [0.25, 0.3) is 0 Å². The van der Waals surface area contributed by atoms with E-state index in [1.54, 1.807) is 18.2 Å². The van der Waals surface area contributed by atoms with Crippen LogP contribution in [0.5, 0.6) is 0 Å². The molecule has 21 heavy (non-hydrogen) atoms. The van der Waals surface area contributed by atoms with Gasteiger partial charge in [0.05, 0.1) is 12.0 Å². The summed E-state index contributed by atoms with van der Waals surface area (Å²) < 4.78 is 34.9. The van der Waals surface area contributed by atoms with Crippen molar-refractivity contribution in [3.63, 3.8) is 0 Å². The maximum absolute atomic E-state index is 11.8. The van der Waals surface area contributed by atoms with Gasteiger partial charge in [0.1, 0.15) is 6.61 Å². The Bertz CT molecular complexity index is 609. The summed E-state index contributed by atoms with van der Waals surface area (Å²) in [5.74, 6) is -1.45. The standard InChI is InChI=1S/C13H15NO6S/c1-19-12(15)7-8-13(16)20-10-9-14-21(17,18)11-5-3-2-4-6-11/h2-8,14H,9-10H2,1H3/b8-7+. The predicted molar refractivity (Wildman–Crippen MR) is 73.7 cm³/mol. The molecule has 0 atom stereocenters. The van der Waals surface area contributed by atoms with E-state index in [2.05, 4.69) is 9.46 Å². The average Bonchev–Trinajstić information content (AvgIpc) is 2.50. The van der Waals surface area contributed by atoms with Crippen molar-refractivity contribution in [3.8, 4) is 0 Å². The van der Waals surface area contributed by atoms with Crippen LogP contribution in [-0.4, -0.2) is 40.6 Å². The van der Waals surface area contributed by atoms with Crippen molar-refractivity contribution >= 4 is 22.0 Å². The summed E-state index contributed by atoms with van der Waals surface area (Å²) in [7, 11) is -2.44. The Morgan fingerprint density at radius 2 is 1.76 bits per heavy atom. The van der Waals surface area contributed by atoms with Gasteiger partial charge in [0.2, 0.25) is 10.0 Å². The second-order valence-corrected chi connectivity index (χ2v) is 5.50. The normalized spacial score (nSPS) is 11.3. The van der Waals surface area contributed by atoms with Crippen LogP contribution < -0.4 is 4.72 Å². The Morgan fingerprint density at radius 3 is 2.38 bits per heavy atom. The molecule has 0 spiro atoms. The highest BCUT2D eigenvalue weighted by Gasteiger charge is 2.12. The molecule has 0 bridgehead atoms. The van der Waals surface area contributed by atoms with Crippen LogP contribution in [0.3, 0.4) is 0 Å². The third kappa shape index (κ3) is 6.19. The summed E-state index contributed by atoms with van der Waals surface area (Å²) in [6.07, 6.45) is 1.81. The second kappa shape index (κ2) is 8.18. The number of methoxy groups -OCH3 is 1. The SMILES string of the molecule is COC(=O)/C=C/C(=O)OCCNS(=O)(=O)c1ccccc1.